The number of hydrogen-bond donors (Lipinski definition) is 0. The van der Waals surface area contributed by atoms with Crippen molar-refractivity contribution in [3.8, 4) is 6.07 Å². The summed E-state index contributed by atoms with van der Waals surface area (Å²) >= 11 is 0. The Morgan fingerprint density at radius 2 is 2.21 bits per heavy atom. The average Bonchev–Trinajstić information content (AvgIpc) is 2.21. The van der Waals surface area contributed by atoms with Gasteiger partial charge >= 0.3 is 0 Å². The summed E-state index contributed by atoms with van der Waals surface area (Å²) in [6.45, 7) is 0.551. The molecule has 14 heavy (non-hydrogen) atoms. The van der Waals surface area contributed by atoms with Crippen LogP contribution in [0, 0.1) is 11.3 Å². The first-order valence-electron chi connectivity index (χ1n) is 4.32. The van der Waals surface area contributed by atoms with Crippen LogP contribution in [-0.2, 0) is 16.1 Å². The van der Waals surface area contributed by atoms with Gasteiger partial charge in [0.1, 0.15) is 0 Å². The van der Waals surface area contributed by atoms with E-state index in [1.165, 1.54) is 7.11 Å². The number of nitrogens with zero attached hydrogens (tertiary/aromatic N) is 1. The Labute approximate surface area is 83.9 Å². The number of nitriles is 1. The van der Waals surface area contributed by atoms with Crippen molar-refractivity contribution >= 4 is 0 Å². The summed E-state index contributed by atoms with van der Waals surface area (Å²) in [5.74, 6) is 0. The van der Waals surface area contributed by atoms with Crippen LogP contribution < -0.4 is 0 Å². The van der Waals surface area contributed by atoms with E-state index in [0.717, 1.165) is 11.1 Å². The van der Waals surface area contributed by atoms with Gasteiger partial charge in [-0.05, 0) is 17.2 Å². The number of rotatable bonds is 4. The molecule has 1 atom stereocenters. The standard InChI is InChI=1S/C11H13NO2/c1-13-8-9-4-3-5-10(6-9)11(7-12)14-2/h3-6,11H,8H2,1-2H3. The van der Waals surface area contributed by atoms with Crippen LogP contribution in [0.2, 0.25) is 0 Å². The van der Waals surface area contributed by atoms with E-state index in [1.54, 1.807) is 7.11 Å². The summed E-state index contributed by atoms with van der Waals surface area (Å²) < 4.78 is 10.0. The first-order chi connectivity index (χ1) is 6.81. The van der Waals surface area contributed by atoms with Gasteiger partial charge in [-0.2, -0.15) is 5.26 Å². The van der Waals surface area contributed by atoms with Crippen molar-refractivity contribution < 1.29 is 9.47 Å². The van der Waals surface area contributed by atoms with Crippen LogP contribution in [0.3, 0.4) is 0 Å². The average molecular weight is 191 g/mol. The molecule has 1 rings (SSSR count). The molecule has 0 saturated carbocycles. The molecule has 1 unspecified atom stereocenters. The van der Waals surface area contributed by atoms with Crippen LogP contribution in [0.25, 0.3) is 0 Å². The van der Waals surface area contributed by atoms with E-state index in [4.69, 9.17) is 14.7 Å². The summed E-state index contributed by atoms with van der Waals surface area (Å²) in [5.41, 5.74) is 1.91. The lowest BCUT2D eigenvalue weighted by Gasteiger charge is -2.08. The molecule has 0 aliphatic rings. The van der Waals surface area contributed by atoms with Gasteiger partial charge in [0.25, 0.3) is 0 Å². The first-order valence-corrected chi connectivity index (χ1v) is 4.32. The molecular formula is C11H13NO2. The van der Waals surface area contributed by atoms with Crippen LogP contribution in [0.1, 0.15) is 17.2 Å². The highest BCUT2D eigenvalue weighted by molar-refractivity contribution is 5.27. The Bertz CT molecular complexity index is 330. The Morgan fingerprint density at radius 3 is 2.79 bits per heavy atom. The van der Waals surface area contributed by atoms with Crippen LogP contribution in [0.15, 0.2) is 24.3 Å². The lowest BCUT2D eigenvalue weighted by molar-refractivity contribution is 0.148. The smallest absolute Gasteiger partial charge is 0.168 e. The summed E-state index contributed by atoms with van der Waals surface area (Å²) in [6.07, 6.45) is -0.494. The Kier molecular flexibility index (Phi) is 4.11. The molecule has 0 amide bonds. The third-order valence-electron chi connectivity index (χ3n) is 1.92. The van der Waals surface area contributed by atoms with E-state index in [1.807, 2.05) is 24.3 Å². The Morgan fingerprint density at radius 1 is 1.43 bits per heavy atom. The van der Waals surface area contributed by atoms with Crippen molar-refractivity contribution in [1.82, 2.24) is 0 Å². The van der Waals surface area contributed by atoms with E-state index in [2.05, 4.69) is 6.07 Å². The second kappa shape index (κ2) is 5.38. The highest BCUT2D eigenvalue weighted by Crippen LogP contribution is 2.17. The fourth-order valence-electron chi connectivity index (χ4n) is 1.28. The second-order valence-electron chi connectivity index (χ2n) is 2.92. The van der Waals surface area contributed by atoms with E-state index in [0.29, 0.717) is 6.61 Å². The second-order valence-corrected chi connectivity index (χ2v) is 2.92. The third kappa shape index (κ3) is 2.56. The van der Waals surface area contributed by atoms with Gasteiger partial charge in [0.2, 0.25) is 0 Å². The van der Waals surface area contributed by atoms with Crippen molar-refractivity contribution in [2.75, 3.05) is 14.2 Å². The molecule has 0 bridgehead atoms. The lowest BCUT2D eigenvalue weighted by atomic mass is 10.1. The molecule has 1 aromatic carbocycles. The van der Waals surface area contributed by atoms with Gasteiger partial charge in [-0.3, -0.25) is 0 Å². The molecule has 1 aromatic rings. The summed E-state index contributed by atoms with van der Waals surface area (Å²) in [5, 5.41) is 8.79. The molecule has 0 aliphatic carbocycles. The minimum Gasteiger partial charge on any atom is -0.380 e. The van der Waals surface area contributed by atoms with Gasteiger partial charge in [-0.15, -0.1) is 0 Å². The van der Waals surface area contributed by atoms with Crippen molar-refractivity contribution in [3.63, 3.8) is 0 Å². The first kappa shape index (κ1) is 10.7. The molecular weight excluding hydrogens is 178 g/mol. The molecule has 0 saturated heterocycles. The van der Waals surface area contributed by atoms with E-state index >= 15 is 0 Å². The van der Waals surface area contributed by atoms with E-state index in [-0.39, 0.29) is 0 Å². The summed E-state index contributed by atoms with van der Waals surface area (Å²) in [4.78, 5) is 0. The molecule has 0 heterocycles. The van der Waals surface area contributed by atoms with E-state index in [9.17, 15) is 0 Å². The van der Waals surface area contributed by atoms with Crippen molar-refractivity contribution in [2.24, 2.45) is 0 Å². The topological polar surface area (TPSA) is 42.2 Å². The van der Waals surface area contributed by atoms with Crippen LogP contribution in [0.4, 0.5) is 0 Å². The summed E-state index contributed by atoms with van der Waals surface area (Å²) in [7, 11) is 3.17. The fourth-order valence-corrected chi connectivity index (χ4v) is 1.28. The molecule has 3 heteroatoms. The predicted octanol–water partition coefficient (Wildman–Crippen LogP) is 2.04. The highest BCUT2D eigenvalue weighted by Gasteiger charge is 2.08. The van der Waals surface area contributed by atoms with Gasteiger partial charge in [-0.25, -0.2) is 0 Å². The minimum atomic E-state index is -0.494. The van der Waals surface area contributed by atoms with Gasteiger partial charge < -0.3 is 9.47 Å². The molecule has 0 radical (unpaired) electrons. The van der Waals surface area contributed by atoms with Gasteiger partial charge in [0, 0.05) is 14.2 Å². The van der Waals surface area contributed by atoms with E-state index < -0.39 is 6.10 Å². The number of hydrogen-bond acceptors (Lipinski definition) is 3. The van der Waals surface area contributed by atoms with Crippen LogP contribution in [0.5, 0.6) is 0 Å². The Hall–Kier alpha value is -1.37. The summed E-state index contributed by atoms with van der Waals surface area (Å²) in [6, 6.07) is 9.71. The van der Waals surface area contributed by atoms with Crippen LogP contribution >= 0.6 is 0 Å². The quantitative estimate of drug-likeness (QED) is 0.731. The van der Waals surface area contributed by atoms with Crippen molar-refractivity contribution in [3.05, 3.63) is 35.4 Å². The zero-order valence-corrected chi connectivity index (χ0v) is 8.36. The largest absolute Gasteiger partial charge is 0.380 e. The maximum Gasteiger partial charge on any atom is 0.168 e. The third-order valence-corrected chi connectivity index (χ3v) is 1.92. The number of methoxy groups -OCH3 is 2. The maximum absolute atomic E-state index is 8.79. The number of ether oxygens (including phenoxy) is 2. The molecule has 0 spiro atoms. The van der Waals surface area contributed by atoms with Gasteiger partial charge in [0.15, 0.2) is 6.10 Å². The monoisotopic (exact) mass is 191 g/mol. The minimum absolute atomic E-state index is 0.494. The molecule has 74 valence electrons. The number of benzene rings is 1. The molecule has 0 aliphatic heterocycles. The molecule has 3 nitrogen and oxygen atoms in total. The SMILES string of the molecule is COCc1cccc(C(C#N)OC)c1. The van der Waals surface area contributed by atoms with Crippen LogP contribution in [-0.4, -0.2) is 14.2 Å². The predicted molar refractivity (Wildman–Crippen MR) is 52.5 cm³/mol. The molecule has 0 fully saturated rings. The normalized spacial score (nSPS) is 12.1. The fraction of sp³-hybridized carbons (Fsp3) is 0.364. The zero-order chi connectivity index (χ0) is 10.4. The van der Waals surface area contributed by atoms with Crippen molar-refractivity contribution in [2.45, 2.75) is 12.7 Å². The maximum atomic E-state index is 8.79. The van der Waals surface area contributed by atoms with Gasteiger partial charge in [0.05, 0.1) is 12.7 Å². The highest BCUT2D eigenvalue weighted by atomic mass is 16.5. The Balaban J connectivity index is 2.88. The molecule has 0 aromatic heterocycles. The lowest BCUT2D eigenvalue weighted by Crippen LogP contribution is -1.99. The van der Waals surface area contributed by atoms with Crippen molar-refractivity contribution in [1.29, 1.82) is 5.26 Å². The molecule has 0 N–H and O–H groups in total. The zero-order valence-electron chi connectivity index (χ0n) is 8.36. The van der Waals surface area contributed by atoms with Gasteiger partial charge in [-0.1, -0.05) is 18.2 Å².